The Morgan fingerprint density at radius 1 is 1.27 bits per heavy atom. The topological polar surface area (TPSA) is 92.4 Å². The maximum Gasteiger partial charge on any atom is 0.251 e. The number of hydrogen-bond donors (Lipinski definition) is 3. The van der Waals surface area contributed by atoms with E-state index < -0.39 is 0 Å². The summed E-state index contributed by atoms with van der Waals surface area (Å²) in [5.74, 6) is -0.225. The summed E-state index contributed by atoms with van der Waals surface area (Å²) >= 11 is 1.46. The summed E-state index contributed by atoms with van der Waals surface area (Å²) in [6, 6.07) is 8.71. The SMILES string of the molecule is C[C@H]1OCCN[C@@H]1C(=O)NCc1csc(CNC(=O)c2ccccc2)n1. The zero-order valence-electron chi connectivity index (χ0n) is 14.5. The number of ether oxygens (including phenoxy) is 1. The van der Waals surface area contributed by atoms with Crippen LogP contribution in [0, 0.1) is 0 Å². The van der Waals surface area contributed by atoms with E-state index in [1.807, 2.05) is 30.5 Å². The van der Waals surface area contributed by atoms with Gasteiger partial charge >= 0.3 is 0 Å². The van der Waals surface area contributed by atoms with Crippen LogP contribution >= 0.6 is 11.3 Å². The maximum absolute atomic E-state index is 12.2. The summed E-state index contributed by atoms with van der Waals surface area (Å²) in [4.78, 5) is 28.7. The van der Waals surface area contributed by atoms with Crippen molar-refractivity contribution in [2.24, 2.45) is 0 Å². The van der Waals surface area contributed by atoms with E-state index in [1.54, 1.807) is 12.1 Å². The first-order valence-corrected chi connectivity index (χ1v) is 9.40. The Morgan fingerprint density at radius 3 is 2.85 bits per heavy atom. The zero-order chi connectivity index (χ0) is 18.4. The summed E-state index contributed by atoms with van der Waals surface area (Å²) in [5.41, 5.74) is 1.39. The molecule has 0 spiro atoms. The van der Waals surface area contributed by atoms with Crippen LogP contribution in [0.5, 0.6) is 0 Å². The van der Waals surface area contributed by atoms with Crippen molar-refractivity contribution in [3.05, 3.63) is 52.0 Å². The van der Waals surface area contributed by atoms with Crippen molar-refractivity contribution in [1.29, 1.82) is 0 Å². The van der Waals surface area contributed by atoms with Gasteiger partial charge in [-0.25, -0.2) is 4.98 Å². The molecule has 0 aliphatic carbocycles. The number of amides is 2. The zero-order valence-corrected chi connectivity index (χ0v) is 15.3. The molecule has 2 atom stereocenters. The van der Waals surface area contributed by atoms with E-state index in [4.69, 9.17) is 4.74 Å². The summed E-state index contributed by atoms with van der Waals surface area (Å²) in [6.45, 7) is 3.89. The predicted octanol–water partition coefficient (Wildman–Crippen LogP) is 1.07. The van der Waals surface area contributed by atoms with Crippen LogP contribution in [-0.2, 0) is 22.6 Å². The fourth-order valence-electron chi connectivity index (χ4n) is 2.67. The monoisotopic (exact) mass is 374 g/mol. The molecule has 3 rings (SSSR count). The lowest BCUT2D eigenvalue weighted by molar-refractivity contribution is -0.129. The molecule has 1 aliphatic rings. The average molecular weight is 374 g/mol. The van der Waals surface area contributed by atoms with E-state index >= 15 is 0 Å². The van der Waals surface area contributed by atoms with Crippen LogP contribution in [0.1, 0.15) is 28.0 Å². The van der Waals surface area contributed by atoms with Crippen molar-refractivity contribution in [2.75, 3.05) is 13.2 Å². The number of carbonyl (C=O) groups is 2. The molecule has 0 bridgehead atoms. The lowest BCUT2D eigenvalue weighted by Crippen LogP contribution is -2.55. The Balaban J connectivity index is 1.46. The Hall–Kier alpha value is -2.29. The standard InChI is InChI=1S/C18H22N4O3S/c1-12-16(19-7-8-25-12)18(24)20-9-14-11-26-15(22-14)10-21-17(23)13-5-3-2-4-6-13/h2-6,11-12,16,19H,7-10H2,1H3,(H,20,24)(H,21,23)/t12-,16+/m1/s1. The van der Waals surface area contributed by atoms with Gasteiger partial charge in [0.25, 0.3) is 5.91 Å². The molecule has 1 aromatic heterocycles. The van der Waals surface area contributed by atoms with Gasteiger partial charge in [0.15, 0.2) is 0 Å². The first-order valence-electron chi connectivity index (χ1n) is 8.52. The molecule has 3 N–H and O–H groups in total. The first kappa shape index (κ1) is 18.5. The third-order valence-electron chi connectivity index (χ3n) is 4.08. The quantitative estimate of drug-likeness (QED) is 0.703. The highest BCUT2D eigenvalue weighted by Crippen LogP contribution is 2.10. The summed E-state index contributed by atoms with van der Waals surface area (Å²) in [6.07, 6.45) is -0.150. The van der Waals surface area contributed by atoms with Crippen LogP contribution in [0.2, 0.25) is 0 Å². The molecule has 7 nitrogen and oxygen atoms in total. The van der Waals surface area contributed by atoms with Gasteiger partial charge in [0.2, 0.25) is 5.91 Å². The van der Waals surface area contributed by atoms with Gasteiger partial charge in [-0.1, -0.05) is 18.2 Å². The molecule has 0 radical (unpaired) electrons. The van der Waals surface area contributed by atoms with Gasteiger partial charge in [-0.15, -0.1) is 11.3 Å². The van der Waals surface area contributed by atoms with Gasteiger partial charge in [0, 0.05) is 17.5 Å². The fourth-order valence-corrected chi connectivity index (χ4v) is 3.41. The lowest BCUT2D eigenvalue weighted by Gasteiger charge is -2.29. The molecule has 0 unspecified atom stereocenters. The molecule has 1 aromatic carbocycles. The number of benzene rings is 1. The second-order valence-electron chi connectivity index (χ2n) is 6.01. The van der Waals surface area contributed by atoms with Crippen LogP contribution in [-0.4, -0.2) is 42.1 Å². The number of thiazole rings is 1. The number of aromatic nitrogens is 1. The fraction of sp³-hybridized carbons (Fsp3) is 0.389. The second kappa shape index (κ2) is 8.88. The molecule has 1 saturated heterocycles. The molecule has 8 heteroatoms. The van der Waals surface area contributed by atoms with Crippen molar-refractivity contribution in [3.8, 4) is 0 Å². The minimum absolute atomic E-state index is 0.0934. The molecular formula is C18H22N4O3S. The summed E-state index contributed by atoms with van der Waals surface area (Å²) in [5, 5.41) is 11.6. The molecule has 2 aromatic rings. The molecule has 0 saturated carbocycles. The van der Waals surface area contributed by atoms with Crippen LogP contribution in [0.15, 0.2) is 35.7 Å². The van der Waals surface area contributed by atoms with Gasteiger partial charge < -0.3 is 20.7 Å². The smallest absolute Gasteiger partial charge is 0.251 e. The highest BCUT2D eigenvalue weighted by Gasteiger charge is 2.28. The maximum atomic E-state index is 12.2. The summed E-state index contributed by atoms with van der Waals surface area (Å²) < 4.78 is 5.48. The van der Waals surface area contributed by atoms with E-state index in [2.05, 4.69) is 20.9 Å². The highest BCUT2D eigenvalue weighted by molar-refractivity contribution is 7.09. The first-order chi connectivity index (χ1) is 12.6. The van der Waals surface area contributed by atoms with Crippen LogP contribution in [0.3, 0.4) is 0 Å². The highest BCUT2D eigenvalue weighted by atomic mass is 32.1. The molecule has 2 heterocycles. The lowest BCUT2D eigenvalue weighted by atomic mass is 10.1. The largest absolute Gasteiger partial charge is 0.375 e. The van der Waals surface area contributed by atoms with Crippen molar-refractivity contribution in [1.82, 2.24) is 20.9 Å². The molecule has 1 fully saturated rings. The Labute approximate surface area is 156 Å². The third-order valence-corrected chi connectivity index (χ3v) is 4.98. The Morgan fingerprint density at radius 2 is 2.08 bits per heavy atom. The number of morpholine rings is 1. The number of nitrogens with zero attached hydrogens (tertiary/aromatic N) is 1. The minimum atomic E-state index is -0.341. The Bertz CT molecular complexity index is 750. The van der Waals surface area contributed by atoms with Crippen LogP contribution in [0.25, 0.3) is 0 Å². The van der Waals surface area contributed by atoms with Crippen molar-refractivity contribution in [3.63, 3.8) is 0 Å². The van der Waals surface area contributed by atoms with E-state index in [0.717, 1.165) is 10.7 Å². The summed E-state index contributed by atoms with van der Waals surface area (Å²) in [7, 11) is 0. The van der Waals surface area contributed by atoms with Gasteiger partial charge in [0.05, 0.1) is 31.5 Å². The van der Waals surface area contributed by atoms with E-state index in [1.165, 1.54) is 11.3 Å². The third kappa shape index (κ3) is 4.87. The Kier molecular flexibility index (Phi) is 6.32. The van der Waals surface area contributed by atoms with Gasteiger partial charge in [-0.05, 0) is 19.1 Å². The van der Waals surface area contributed by atoms with Crippen LogP contribution < -0.4 is 16.0 Å². The average Bonchev–Trinajstić information content (AvgIpc) is 3.13. The molecule has 1 aliphatic heterocycles. The molecule has 2 amide bonds. The van der Waals surface area contributed by atoms with Gasteiger partial charge in [0.1, 0.15) is 11.0 Å². The van der Waals surface area contributed by atoms with Crippen LogP contribution in [0.4, 0.5) is 0 Å². The number of nitrogens with one attached hydrogen (secondary N) is 3. The van der Waals surface area contributed by atoms with E-state index in [-0.39, 0.29) is 24.0 Å². The van der Waals surface area contributed by atoms with E-state index in [9.17, 15) is 9.59 Å². The van der Waals surface area contributed by atoms with Gasteiger partial charge in [-0.3, -0.25) is 9.59 Å². The van der Waals surface area contributed by atoms with Crippen molar-refractivity contribution >= 4 is 23.2 Å². The minimum Gasteiger partial charge on any atom is -0.375 e. The number of rotatable bonds is 6. The van der Waals surface area contributed by atoms with Crippen molar-refractivity contribution in [2.45, 2.75) is 32.2 Å². The van der Waals surface area contributed by atoms with Crippen molar-refractivity contribution < 1.29 is 14.3 Å². The molecule has 26 heavy (non-hydrogen) atoms. The number of hydrogen-bond acceptors (Lipinski definition) is 6. The molecule has 138 valence electrons. The van der Waals surface area contributed by atoms with E-state index in [0.29, 0.717) is 31.8 Å². The predicted molar refractivity (Wildman–Crippen MR) is 98.8 cm³/mol. The second-order valence-corrected chi connectivity index (χ2v) is 6.95. The van der Waals surface area contributed by atoms with Gasteiger partial charge in [-0.2, -0.15) is 0 Å². The normalized spacial score (nSPS) is 19.7. The number of carbonyl (C=O) groups excluding carboxylic acids is 2. The molecular weight excluding hydrogens is 352 g/mol.